The number of ether oxygens (including phenoxy) is 1. The Balaban J connectivity index is 1.52. The third-order valence-electron chi connectivity index (χ3n) is 3.92. The Morgan fingerprint density at radius 3 is 2.58 bits per heavy atom. The number of likely N-dealkylation sites (N-methyl/N-ethyl adjacent to an activating group) is 1. The van der Waals surface area contributed by atoms with E-state index in [0.29, 0.717) is 29.9 Å². The molecule has 0 saturated carbocycles. The van der Waals surface area contributed by atoms with Crippen LogP contribution >= 0.6 is 11.6 Å². The first-order chi connectivity index (χ1) is 12.5. The van der Waals surface area contributed by atoms with Gasteiger partial charge < -0.3 is 9.26 Å². The van der Waals surface area contributed by atoms with Gasteiger partial charge in [0.15, 0.2) is 0 Å². The van der Waals surface area contributed by atoms with Gasteiger partial charge in [0, 0.05) is 12.1 Å². The number of benzene rings is 2. The highest BCUT2D eigenvalue weighted by atomic mass is 35.5. The molecule has 0 amide bonds. The lowest BCUT2D eigenvalue weighted by atomic mass is 10.1. The molecule has 0 spiro atoms. The topological polar surface area (TPSA) is 51.4 Å². The first-order valence-electron chi connectivity index (χ1n) is 8.48. The molecular formula is C20H22ClN3O2. The fraction of sp³-hybridized carbons (Fsp3) is 0.300. The van der Waals surface area contributed by atoms with Crippen molar-refractivity contribution in [3.63, 3.8) is 0 Å². The van der Waals surface area contributed by atoms with E-state index in [-0.39, 0.29) is 0 Å². The first-order valence-corrected chi connectivity index (χ1v) is 8.86. The zero-order valence-corrected chi connectivity index (χ0v) is 16.0. The van der Waals surface area contributed by atoms with Crippen molar-refractivity contribution in [2.45, 2.75) is 20.4 Å². The van der Waals surface area contributed by atoms with Gasteiger partial charge in [0.25, 0.3) is 0 Å². The molecule has 3 rings (SSSR count). The van der Waals surface area contributed by atoms with Crippen LogP contribution in [0.5, 0.6) is 5.75 Å². The van der Waals surface area contributed by atoms with Crippen LogP contribution in [0.15, 0.2) is 47.0 Å². The van der Waals surface area contributed by atoms with Crippen LogP contribution < -0.4 is 4.74 Å². The molecule has 26 heavy (non-hydrogen) atoms. The van der Waals surface area contributed by atoms with Crippen LogP contribution in [-0.2, 0) is 6.54 Å². The van der Waals surface area contributed by atoms with Crippen LogP contribution in [0.2, 0.25) is 5.02 Å². The average Bonchev–Trinajstić information content (AvgIpc) is 3.02. The van der Waals surface area contributed by atoms with E-state index in [4.69, 9.17) is 20.9 Å². The lowest BCUT2D eigenvalue weighted by Gasteiger charge is -2.15. The zero-order chi connectivity index (χ0) is 18.5. The van der Waals surface area contributed by atoms with Crippen LogP contribution in [0, 0.1) is 13.8 Å². The van der Waals surface area contributed by atoms with Gasteiger partial charge in [-0.2, -0.15) is 4.98 Å². The third kappa shape index (κ3) is 4.84. The fourth-order valence-electron chi connectivity index (χ4n) is 2.72. The van der Waals surface area contributed by atoms with E-state index in [1.165, 1.54) is 11.1 Å². The minimum atomic E-state index is 0.505. The monoisotopic (exact) mass is 371 g/mol. The van der Waals surface area contributed by atoms with Gasteiger partial charge in [-0.1, -0.05) is 35.0 Å². The number of nitrogens with zero attached hydrogens (tertiary/aromatic N) is 3. The number of aromatic nitrogens is 2. The molecule has 1 heterocycles. The quantitative estimate of drug-likeness (QED) is 0.611. The van der Waals surface area contributed by atoms with E-state index in [9.17, 15) is 0 Å². The van der Waals surface area contributed by atoms with Gasteiger partial charge in [-0.15, -0.1) is 0 Å². The lowest BCUT2D eigenvalue weighted by Crippen LogP contribution is -2.24. The van der Waals surface area contributed by atoms with Gasteiger partial charge in [0.05, 0.1) is 11.6 Å². The largest absolute Gasteiger partial charge is 0.492 e. The smallest absolute Gasteiger partial charge is 0.241 e. The molecule has 2 aromatic carbocycles. The van der Waals surface area contributed by atoms with Gasteiger partial charge in [-0.25, -0.2) is 0 Å². The summed E-state index contributed by atoms with van der Waals surface area (Å²) in [6, 6.07) is 13.7. The molecule has 0 aliphatic carbocycles. The fourth-order valence-corrected chi connectivity index (χ4v) is 2.94. The molecule has 136 valence electrons. The van der Waals surface area contributed by atoms with Crippen LogP contribution in [0.1, 0.15) is 17.0 Å². The second-order valence-corrected chi connectivity index (χ2v) is 6.81. The Bertz CT molecular complexity index is 859. The highest BCUT2D eigenvalue weighted by Gasteiger charge is 2.13. The Hall–Kier alpha value is -2.37. The van der Waals surface area contributed by atoms with Crippen LogP contribution in [0.25, 0.3) is 11.4 Å². The number of hydrogen-bond acceptors (Lipinski definition) is 5. The molecule has 0 fully saturated rings. The molecule has 0 saturated heterocycles. The van der Waals surface area contributed by atoms with E-state index >= 15 is 0 Å². The van der Waals surface area contributed by atoms with Crippen molar-refractivity contribution >= 4 is 11.6 Å². The summed E-state index contributed by atoms with van der Waals surface area (Å²) < 4.78 is 11.2. The summed E-state index contributed by atoms with van der Waals surface area (Å²) in [4.78, 5) is 6.50. The van der Waals surface area contributed by atoms with Gasteiger partial charge in [-0.3, -0.25) is 4.90 Å². The van der Waals surface area contributed by atoms with E-state index in [0.717, 1.165) is 17.9 Å². The summed E-state index contributed by atoms with van der Waals surface area (Å²) in [5, 5.41) is 4.63. The van der Waals surface area contributed by atoms with Gasteiger partial charge in [-0.05, 0) is 56.3 Å². The highest BCUT2D eigenvalue weighted by Crippen LogP contribution is 2.25. The van der Waals surface area contributed by atoms with Crippen molar-refractivity contribution in [3.05, 3.63) is 64.5 Å². The summed E-state index contributed by atoms with van der Waals surface area (Å²) >= 11 is 6.17. The average molecular weight is 372 g/mol. The Labute approximate surface area is 158 Å². The molecule has 0 aliphatic heterocycles. The first kappa shape index (κ1) is 18.4. The molecule has 0 atom stereocenters. The number of halogens is 1. The second kappa shape index (κ2) is 8.34. The Morgan fingerprint density at radius 2 is 1.85 bits per heavy atom. The van der Waals surface area contributed by atoms with Crippen molar-refractivity contribution < 1.29 is 9.26 Å². The minimum absolute atomic E-state index is 0.505. The molecule has 0 radical (unpaired) electrons. The van der Waals surface area contributed by atoms with Crippen molar-refractivity contribution in [2.75, 3.05) is 20.2 Å². The molecule has 0 bridgehead atoms. The number of rotatable bonds is 7. The van der Waals surface area contributed by atoms with E-state index < -0.39 is 0 Å². The van der Waals surface area contributed by atoms with Gasteiger partial charge in [0.1, 0.15) is 12.4 Å². The SMILES string of the molecule is Cc1cc(C)cc(OCCN(C)Cc2nc(-c3ccccc3Cl)no2)c1. The summed E-state index contributed by atoms with van der Waals surface area (Å²) in [5.74, 6) is 1.95. The van der Waals surface area contributed by atoms with Crippen LogP contribution in [0.4, 0.5) is 0 Å². The maximum absolute atomic E-state index is 6.17. The third-order valence-corrected chi connectivity index (χ3v) is 4.25. The van der Waals surface area contributed by atoms with E-state index in [1.807, 2.05) is 43.4 Å². The molecule has 0 N–H and O–H groups in total. The number of aryl methyl sites for hydroxylation is 2. The predicted octanol–water partition coefficient (Wildman–Crippen LogP) is 4.52. The molecular weight excluding hydrogens is 350 g/mol. The second-order valence-electron chi connectivity index (χ2n) is 6.40. The molecule has 3 aromatic rings. The van der Waals surface area contributed by atoms with Crippen molar-refractivity contribution in [3.8, 4) is 17.1 Å². The number of hydrogen-bond donors (Lipinski definition) is 0. The Morgan fingerprint density at radius 1 is 1.12 bits per heavy atom. The van der Waals surface area contributed by atoms with Crippen LogP contribution in [-0.4, -0.2) is 35.2 Å². The van der Waals surface area contributed by atoms with Crippen molar-refractivity contribution in [2.24, 2.45) is 0 Å². The summed E-state index contributed by atoms with van der Waals surface area (Å²) in [6.45, 7) is 6.02. The highest BCUT2D eigenvalue weighted by molar-refractivity contribution is 6.33. The standard InChI is InChI=1S/C20H22ClN3O2/c1-14-10-15(2)12-16(11-14)25-9-8-24(3)13-19-22-20(23-26-19)17-6-4-5-7-18(17)21/h4-7,10-12H,8-9,13H2,1-3H3. The summed E-state index contributed by atoms with van der Waals surface area (Å²) in [7, 11) is 1.99. The maximum atomic E-state index is 6.17. The van der Waals surface area contributed by atoms with Gasteiger partial charge >= 0.3 is 0 Å². The molecule has 5 nitrogen and oxygen atoms in total. The molecule has 6 heteroatoms. The Kier molecular flexibility index (Phi) is 5.91. The van der Waals surface area contributed by atoms with Crippen molar-refractivity contribution in [1.82, 2.24) is 15.0 Å². The zero-order valence-electron chi connectivity index (χ0n) is 15.2. The molecule has 0 unspecified atom stereocenters. The summed E-state index contributed by atoms with van der Waals surface area (Å²) in [5.41, 5.74) is 3.17. The van der Waals surface area contributed by atoms with Crippen LogP contribution in [0.3, 0.4) is 0 Å². The van der Waals surface area contributed by atoms with E-state index in [2.05, 4.69) is 35.0 Å². The summed E-state index contributed by atoms with van der Waals surface area (Å²) in [6.07, 6.45) is 0. The van der Waals surface area contributed by atoms with Gasteiger partial charge in [0.2, 0.25) is 11.7 Å². The molecule has 0 aliphatic rings. The predicted molar refractivity (Wildman–Crippen MR) is 102 cm³/mol. The normalized spacial score (nSPS) is 11.1. The minimum Gasteiger partial charge on any atom is -0.492 e. The maximum Gasteiger partial charge on any atom is 0.241 e. The lowest BCUT2D eigenvalue weighted by molar-refractivity contribution is 0.213. The van der Waals surface area contributed by atoms with Crippen molar-refractivity contribution in [1.29, 1.82) is 0 Å². The molecule has 1 aromatic heterocycles. The van der Waals surface area contributed by atoms with E-state index in [1.54, 1.807) is 0 Å².